The number of benzene rings is 2. The van der Waals surface area contributed by atoms with Crippen LogP contribution >= 0.6 is 23.2 Å². The predicted molar refractivity (Wildman–Crippen MR) is 88.8 cm³/mol. The van der Waals surface area contributed by atoms with Gasteiger partial charge in [-0.15, -0.1) is 0 Å². The van der Waals surface area contributed by atoms with Crippen molar-refractivity contribution in [3.8, 4) is 16.9 Å². The number of esters is 1. The second-order valence-electron chi connectivity index (χ2n) is 4.81. The van der Waals surface area contributed by atoms with E-state index in [2.05, 4.69) is 8.92 Å². The summed E-state index contributed by atoms with van der Waals surface area (Å²) in [7, 11) is -4.82. The van der Waals surface area contributed by atoms with E-state index >= 15 is 0 Å². The normalized spacial score (nSPS) is 11.9. The summed E-state index contributed by atoms with van der Waals surface area (Å²) < 4.78 is 69.3. The van der Waals surface area contributed by atoms with Gasteiger partial charge in [-0.2, -0.15) is 21.6 Å². The van der Waals surface area contributed by atoms with Crippen molar-refractivity contribution in [1.29, 1.82) is 0 Å². The number of hydrogen-bond donors (Lipinski definition) is 0. The first kappa shape index (κ1) is 20.3. The zero-order valence-electron chi connectivity index (χ0n) is 12.8. The van der Waals surface area contributed by atoms with Crippen molar-refractivity contribution in [3.63, 3.8) is 0 Å². The standard InChI is InChI=1S/C15H9Cl2F3O5S/c1-24-14(21)8-2-5-13(25-26(22,23)15(18,19)20)11(6-8)10-4-3-9(16)7-12(10)17/h2-7H,1H3. The molecule has 2 rings (SSSR count). The minimum Gasteiger partial charge on any atom is -0.465 e. The summed E-state index contributed by atoms with van der Waals surface area (Å²) in [6, 6.07) is 7.08. The van der Waals surface area contributed by atoms with Gasteiger partial charge in [-0.3, -0.25) is 0 Å². The second kappa shape index (κ2) is 7.34. The lowest BCUT2D eigenvalue weighted by molar-refractivity contribution is -0.0499. The molecule has 26 heavy (non-hydrogen) atoms. The van der Waals surface area contributed by atoms with Crippen LogP contribution in [0.25, 0.3) is 11.1 Å². The molecule has 11 heteroatoms. The summed E-state index contributed by atoms with van der Waals surface area (Å²) in [5.41, 5.74) is -5.74. The lowest BCUT2D eigenvalue weighted by Crippen LogP contribution is -2.28. The van der Waals surface area contributed by atoms with E-state index in [0.717, 1.165) is 25.3 Å². The lowest BCUT2D eigenvalue weighted by atomic mass is 10.0. The van der Waals surface area contributed by atoms with Crippen LogP contribution in [-0.2, 0) is 14.9 Å². The quantitative estimate of drug-likeness (QED) is 0.401. The van der Waals surface area contributed by atoms with Gasteiger partial charge in [0.15, 0.2) is 5.75 Å². The summed E-state index contributed by atoms with van der Waals surface area (Å²) in [6.45, 7) is 0. The topological polar surface area (TPSA) is 69.7 Å². The van der Waals surface area contributed by atoms with Gasteiger partial charge in [0.25, 0.3) is 0 Å². The third-order valence-electron chi connectivity index (χ3n) is 3.10. The molecule has 0 unspecified atom stereocenters. The highest BCUT2D eigenvalue weighted by atomic mass is 35.5. The number of hydrogen-bond acceptors (Lipinski definition) is 5. The molecule has 0 amide bonds. The van der Waals surface area contributed by atoms with Crippen LogP contribution in [0.3, 0.4) is 0 Å². The first-order valence-corrected chi connectivity index (χ1v) is 8.81. The molecule has 5 nitrogen and oxygen atoms in total. The molecule has 0 aromatic heterocycles. The number of carbonyl (C=O) groups is 1. The van der Waals surface area contributed by atoms with Gasteiger partial charge in [0, 0.05) is 16.1 Å². The summed E-state index contributed by atoms with van der Waals surface area (Å²) in [6.07, 6.45) is 0. The van der Waals surface area contributed by atoms with Crippen molar-refractivity contribution >= 4 is 39.3 Å². The molecular weight excluding hydrogens is 420 g/mol. The highest BCUT2D eigenvalue weighted by Crippen LogP contribution is 2.39. The van der Waals surface area contributed by atoms with E-state index < -0.39 is 27.3 Å². The lowest BCUT2D eigenvalue weighted by Gasteiger charge is -2.15. The Labute approximate surface area is 156 Å². The number of halogens is 5. The third-order valence-corrected chi connectivity index (χ3v) is 4.62. The van der Waals surface area contributed by atoms with Crippen molar-refractivity contribution in [2.24, 2.45) is 0 Å². The van der Waals surface area contributed by atoms with E-state index in [1.165, 1.54) is 18.2 Å². The molecule has 0 radical (unpaired) electrons. The third kappa shape index (κ3) is 4.22. The van der Waals surface area contributed by atoms with Crippen LogP contribution in [0.15, 0.2) is 36.4 Å². The van der Waals surface area contributed by atoms with E-state index in [0.29, 0.717) is 0 Å². The van der Waals surface area contributed by atoms with Crippen LogP contribution in [0.2, 0.25) is 10.0 Å². The maximum atomic E-state index is 12.6. The Morgan fingerprint density at radius 2 is 1.69 bits per heavy atom. The van der Waals surface area contributed by atoms with Gasteiger partial charge in [0.05, 0.1) is 17.7 Å². The molecule has 2 aromatic carbocycles. The van der Waals surface area contributed by atoms with Crippen molar-refractivity contribution in [1.82, 2.24) is 0 Å². The minimum atomic E-state index is -5.93. The molecule has 0 heterocycles. The van der Waals surface area contributed by atoms with Gasteiger partial charge in [-0.05, 0) is 30.3 Å². The molecule has 0 atom stereocenters. The number of carbonyl (C=O) groups excluding carboxylic acids is 1. The van der Waals surface area contributed by atoms with E-state index in [1.807, 2.05) is 0 Å². The number of ether oxygens (including phenoxy) is 1. The summed E-state index contributed by atoms with van der Waals surface area (Å²) in [5.74, 6) is -1.46. The van der Waals surface area contributed by atoms with E-state index in [9.17, 15) is 26.4 Å². The van der Waals surface area contributed by atoms with E-state index in [4.69, 9.17) is 23.2 Å². The first-order chi connectivity index (χ1) is 12.0. The SMILES string of the molecule is COC(=O)c1ccc(OS(=O)(=O)C(F)(F)F)c(-c2ccc(Cl)cc2Cl)c1. The molecule has 140 valence electrons. The highest BCUT2D eigenvalue weighted by Gasteiger charge is 2.48. The molecular formula is C15H9Cl2F3O5S. The maximum absolute atomic E-state index is 12.6. The van der Waals surface area contributed by atoms with Crippen LogP contribution in [0.5, 0.6) is 5.75 Å². The number of rotatable bonds is 4. The average Bonchev–Trinajstić information content (AvgIpc) is 2.53. The van der Waals surface area contributed by atoms with Crippen LogP contribution in [0.4, 0.5) is 13.2 Å². The van der Waals surface area contributed by atoms with E-state index in [1.54, 1.807) is 0 Å². The average molecular weight is 429 g/mol. The fourth-order valence-electron chi connectivity index (χ4n) is 1.93. The van der Waals surface area contributed by atoms with Crippen LogP contribution in [0.1, 0.15) is 10.4 Å². The molecule has 0 fully saturated rings. The van der Waals surface area contributed by atoms with Crippen molar-refractivity contribution in [3.05, 3.63) is 52.0 Å². The van der Waals surface area contributed by atoms with Crippen molar-refractivity contribution in [2.75, 3.05) is 7.11 Å². The number of alkyl halides is 3. The second-order valence-corrected chi connectivity index (χ2v) is 7.19. The summed E-state index contributed by atoms with van der Waals surface area (Å²) >= 11 is 11.8. The predicted octanol–water partition coefficient (Wildman–Crippen LogP) is 4.68. The Bertz CT molecular complexity index is 958. The Kier molecular flexibility index (Phi) is 5.74. The molecule has 0 aliphatic heterocycles. The summed E-state index contributed by atoms with van der Waals surface area (Å²) in [5, 5.41) is 0.252. The molecule has 2 aromatic rings. The Hall–Kier alpha value is -1.97. The maximum Gasteiger partial charge on any atom is 0.534 e. The van der Waals surface area contributed by atoms with Crippen LogP contribution in [0, 0.1) is 0 Å². The molecule has 0 saturated carbocycles. The molecule has 0 N–H and O–H groups in total. The molecule has 0 spiro atoms. The van der Waals surface area contributed by atoms with Gasteiger partial charge >= 0.3 is 21.6 Å². The van der Waals surface area contributed by atoms with Gasteiger partial charge in [-0.1, -0.05) is 29.3 Å². The molecule has 0 aliphatic carbocycles. The summed E-state index contributed by atoms with van der Waals surface area (Å²) in [4.78, 5) is 11.7. The monoisotopic (exact) mass is 428 g/mol. The van der Waals surface area contributed by atoms with Gasteiger partial charge in [0.2, 0.25) is 0 Å². The Morgan fingerprint density at radius 1 is 1.04 bits per heavy atom. The van der Waals surface area contributed by atoms with Gasteiger partial charge in [-0.25, -0.2) is 4.79 Å². The van der Waals surface area contributed by atoms with Crippen LogP contribution < -0.4 is 4.18 Å². The van der Waals surface area contributed by atoms with Crippen molar-refractivity contribution < 1.29 is 35.3 Å². The Balaban J connectivity index is 2.67. The van der Waals surface area contributed by atoms with Crippen molar-refractivity contribution in [2.45, 2.75) is 5.51 Å². The van der Waals surface area contributed by atoms with Crippen LogP contribution in [-0.4, -0.2) is 27.0 Å². The minimum absolute atomic E-state index is 0.00812. The zero-order valence-corrected chi connectivity index (χ0v) is 15.1. The van der Waals surface area contributed by atoms with Gasteiger partial charge in [0.1, 0.15) is 0 Å². The molecule has 0 saturated heterocycles. The fraction of sp³-hybridized carbons (Fsp3) is 0.133. The Morgan fingerprint density at radius 3 is 2.23 bits per heavy atom. The zero-order chi connectivity index (χ0) is 19.7. The van der Waals surface area contributed by atoms with E-state index in [-0.39, 0.29) is 26.7 Å². The smallest absolute Gasteiger partial charge is 0.465 e. The largest absolute Gasteiger partial charge is 0.534 e. The highest BCUT2D eigenvalue weighted by molar-refractivity contribution is 7.88. The molecule has 0 aliphatic rings. The number of methoxy groups -OCH3 is 1. The first-order valence-electron chi connectivity index (χ1n) is 6.65. The molecule has 0 bridgehead atoms. The van der Waals surface area contributed by atoms with Gasteiger partial charge < -0.3 is 8.92 Å². The fourth-order valence-corrected chi connectivity index (χ4v) is 2.92.